The molecule has 5 heterocycles. The Kier molecular flexibility index (Phi) is 6.35. The molecule has 0 spiro atoms. The van der Waals surface area contributed by atoms with E-state index < -0.39 is 5.60 Å². The van der Waals surface area contributed by atoms with Gasteiger partial charge in [0.1, 0.15) is 34.9 Å². The molecule has 11 nitrogen and oxygen atoms in total. The Hall–Kier alpha value is -4.16. The summed E-state index contributed by atoms with van der Waals surface area (Å²) in [6.07, 6.45) is 3.39. The molecule has 0 amide bonds. The number of aliphatic hydroxyl groups is 1. The Morgan fingerprint density at radius 2 is 1.95 bits per heavy atom. The summed E-state index contributed by atoms with van der Waals surface area (Å²) in [6, 6.07) is 10.4. The first-order valence-corrected chi connectivity index (χ1v) is 12.9. The number of piperazine rings is 1. The van der Waals surface area contributed by atoms with Gasteiger partial charge in [0.25, 0.3) is 0 Å². The molecule has 204 valence electrons. The number of fused-ring (bicyclic) bond motifs is 3. The van der Waals surface area contributed by atoms with Gasteiger partial charge in [-0.15, -0.1) is 0 Å². The zero-order chi connectivity index (χ0) is 27.1. The highest BCUT2D eigenvalue weighted by Gasteiger charge is 2.22. The lowest BCUT2D eigenvalue weighted by atomic mass is 10.1. The molecule has 0 bridgehead atoms. The summed E-state index contributed by atoms with van der Waals surface area (Å²) in [4.78, 5) is 13.6. The number of benzene rings is 1. The minimum absolute atomic E-state index is 0.0953. The van der Waals surface area contributed by atoms with Gasteiger partial charge in [-0.3, -0.25) is 4.90 Å². The van der Waals surface area contributed by atoms with Crippen molar-refractivity contribution in [1.82, 2.24) is 29.0 Å². The SMILES string of the molecule is CC(C)(O)COc1ccc(N2CCN(CCn3cnc4c3nc(N)n3nc(-c5ccco5)cc43)CC2)c(F)c1. The highest BCUT2D eigenvalue weighted by Crippen LogP contribution is 2.27. The number of rotatable bonds is 8. The number of halogens is 1. The van der Waals surface area contributed by atoms with Crippen LogP contribution in [0.5, 0.6) is 5.75 Å². The number of hydrogen-bond donors (Lipinski definition) is 2. The third kappa shape index (κ3) is 5.12. The molecule has 0 saturated carbocycles. The van der Waals surface area contributed by atoms with Gasteiger partial charge in [0.05, 0.1) is 23.9 Å². The third-order valence-electron chi connectivity index (χ3n) is 6.85. The molecule has 1 aliphatic heterocycles. The second-order valence-corrected chi connectivity index (χ2v) is 10.4. The van der Waals surface area contributed by atoms with Crippen LogP contribution in [0.3, 0.4) is 0 Å². The Labute approximate surface area is 224 Å². The van der Waals surface area contributed by atoms with Crippen LogP contribution in [0.1, 0.15) is 13.8 Å². The van der Waals surface area contributed by atoms with Crippen LogP contribution in [-0.4, -0.2) is 79.1 Å². The van der Waals surface area contributed by atoms with E-state index in [1.165, 1.54) is 6.07 Å². The third-order valence-corrected chi connectivity index (χ3v) is 6.85. The maximum Gasteiger partial charge on any atom is 0.223 e. The number of nitrogen functional groups attached to an aromatic ring is 1. The van der Waals surface area contributed by atoms with Crippen molar-refractivity contribution in [2.75, 3.05) is 50.0 Å². The standard InChI is InChI=1S/C27H31FN8O3/c1-27(2,37)16-39-18-5-6-21(19(28)14-18)34-10-7-33(8-11-34)9-12-35-17-30-24-22-15-20(23-4-3-13-38-23)32-36(22)26(29)31-25(24)35/h3-6,13-15,17,37H,7-12,16H2,1-2H3,(H2,29,31). The topological polar surface area (TPSA) is 123 Å². The summed E-state index contributed by atoms with van der Waals surface area (Å²) in [6.45, 7) is 7.92. The van der Waals surface area contributed by atoms with E-state index >= 15 is 0 Å². The van der Waals surface area contributed by atoms with Gasteiger partial charge >= 0.3 is 0 Å². The Bertz CT molecular complexity index is 1600. The maximum atomic E-state index is 14.8. The van der Waals surface area contributed by atoms with Crippen LogP contribution in [0, 0.1) is 5.82 Å². The van der Waals surface area contributed by atoms with E-state index in [0.717, 1.165) is 30.7 Å². The monoisotopic (exact) mass is 534 g/mol. The van der Waals surface area contributed by atoms with Gasteiger partial charge in [-0.05, 0) is 44.2 Å². The first kappa shape index (κ1) is 25.1. The largest absolute Gasteiger partial charge is 0.491 e. The summed E-state index contributed by atoms with van der Waals surface area (Å²) in [7, 11) is 0. The van der Waals surface area contributed by atoms with Gasteiger partial charge in [-0.25, -0.2) is 9.37 Å². The number of nitrogens with two attached hydrogens (primary N) is 1. The first-order valence-electron chi connectivity index (χ1n) is 12.9. The van der Waals surface area contributed by atoms with E-state index in [2.05, 4.69) is 20.0 Å². The molecule has 0 atom stereocenters. The van der Waals surface area contributed by atoms with Crippen molar-refractivity contribution in [3.63, 3.8) is 0 Å². The van der Waals surface area contributed by atoms with Gasteiger partial charge in [0, 0.05) is 45.3 Å². The van der Waals surface area contributed by atoms with E-state index in [1.807, 2.05) is 27.7 Å². The molecular weight excluding hydrogens is 503 g/mol. The molecule has 1 aromatic carbocycles. The molecule has 12 heteroatoms. The van der Waals surface area contributed by atoms with Crippen molar-refractivity contribution in [2.24, 2.45) is 0 Å². The van der Waals surface area contributed by atoms with Gasteiger partial charge < -0.3 is 29.5 Å². The van der Waals surface area contributed by atoms with Crippen LogP contribution in [0.2, 0.25) is 0 Å². The lowest BCUT2D eigenvalue weighted by molar-refractivity contribution is 0.0284. The fourth-order valence-electron chi connectivity index (χ4n) is 4.82. The summed E-state index contributed by atoms with van der Waals surface area (Å²) in [5, 5.41) is 14.3. The van der Waals surface area contributed by atoms with Gasteiger partial charge in [-0.2, -0.15) is 14.6 Å². The molecule has 0 aliphatic carbocycles. The summed E-state index contributed by atoms with van der Waals surface area (Å²) in [5.74, 6) is 1.01. The van der Waals surface area contributed by atoms with E-state index in [0.29, 0.717) is 48.2 Å². The minimum atomic E-state index is -0.979. The van der Waals surface area contributed by atoms with Crippen molar-refractivity contribution >= 4 is 28.3 Å². The van der Waals surface area contributed by atoms with Crippen LogP contribution >= 0.6 is 0 Å². The van der Waals surface area contributed by atoms with Crippen molar-refractivity contribution in [2.45, 2.75) is 26.0 Å². The van der Waals surface area contributed by atoms with Crippen LogP contribution in [-0.2, 0) is 6.54 Å². The van der Waals surface area contributed by atoms with Gasteiger partial charge in [-0.1, -0.05) is 0 Å². The summed E-state index contributed by atoms with van der Waals surface area (Å²) >= 11 is 0. The van der Waals surface area contributed by atoms with Crippen molar-refractivity contribution < 1.29 is 18.7 Å². The minimum Gasteiger partial charge on any atom is -0.491 e. The quantitative estimate of drug-likeness (QED) is 0.309. The molecule has 39 heavy (non-hydrogen) atoms. The number of nitrogens with zero attached hydrogens (tertiary/aromatic N) is 7. The number of aromatic nitrogens is 5. The lowest BCUT2D eigenvalue weighted by Crippen LogP contribution is -2.47. The molecule has 0 unspecified atom stereocenters. The predicted octanol–water partition coefficient (Wildman–Crippen LogP) is 3.03. The second-order valence-electron chi connectivity index (χ2n) is 10.4. The second kappa shape index (κ2) is 9.86. The normalized spacial score (nSPS) is 15.0. The number of hydrogen-bond acceptors (Lipinski definition) is 9. The molecule has 0 radical (unpaired) electrons. The van der Waals surface area contributed by atoms with Crippen LogP contribution in [0.15, 0.2) is 53.4 Å². The number of anilines is 2. The van der Waals surface area contributed by atoms with Crippen LogP contribution in [0.4, 0.5) is 16.0 Å². The van der Waals surface area contributed by atoms with E-state index in [9.17, 15) is 9.50 Å². The molecule has 1 saturated heterocycles. The molecule has 1 fully saturated rings. The van der Waals surface area contributed by atoms with Gasteiger partial charge in [0.2, 0.25) is 5.95 Å². The fourth-order valence-corrected chi connectivity index (χ4v) is 4.82. The van der Waals surface area contributed by atoms with Crippen LogP contribution < -0.4 is 15.4 Å². The van der Waals surface area contributed by atoms with E-state index in [-0.39, 0.29) is 18.4 Å². The van der Waals surface area contributed by atoms with E-state index in [1.54, 1.807) is 43.1 Å². The van der Waals surface area contributed by atoms with Crippen LogP contribution in [0.25, 0.3) is 28.1 Å². The zero-order valence-corrected chi connectivity index (χ0v) is 21.9. The summed E-state index contributed by atoms with van der Waals surface area (Å²) < 4.78 is 29.4. The van der Waals surface area contributed by atoms with Gasteiger partial charge in [0.15, 0.2) is 11.4 Å². The highest BCUT2D eigenvalue weighted by molar-refractivity contribution is 5.90. The molecule has 4 aromatic heterocycles. The molecule has 6 rings (SSSR count). The smallest absolute Gasteiger partial charge is 0.223 e. The molecule has 3 N–H and O–H groups in total. The molecular formula is C27H31FN8O3. The average Bonchev–Trinajstić information content (AvgIpc) is 3.66. The average molecular weight is 535 g/mol. The maximum absolute atomic E-state index is 14.8. The van der Waals surface area contributed by atoms with Crippen molar-refractivity contribution in [1.29, 1.82) is 0 Å². The zero-order valence-electron chi connectivity index (χ0n) is 21.9. The number of imidazole rings is 1. The summed E-state index contributed by atoms with van der Waals surface area (Å²) in [5.41, 5.74) is 8.69. The number of furan rings is 1. The van der Waals surface area contributed by atoms with Crippen molar-refractivity contribution in [3.05, 3.63) is 54.8 Å². The first-order chi connectivity index (χ1) is 18.7. The molecule has 5 aromatic rings. The molecule has 1 aliphatic rings. The Morgan fingerprint density at radius 1 is 1.13 bits per heavy atom. The predicted molar refractivity (Wildman–Crippen MR) is 145 cm³/mol. The Morgan fingerprint density at radius 3 is 2.67 bits per heavy atom. The van der Waals surface area contributed by atoms with Crippen molar-refractivity contribution in [3.8, 4) is 17.2 Å². The number of ether oxygens (including phenoxy) is 1. The lowest BCUT2D eigenvalue weighted by Gasteiger charge is -2.36. The fraction of sp³-hybridized carbons (Fsp3) is 0.370. The Balaban J connectivity index is 1.09. The highest BCUT2D eigenvalue weighted by atomic mass is 19.1. The van der Waals surface area contributed by atoms with E-state index in [4.69, 9.17) is 14.9 Å².